The lowest BCUT2D eigenvalue weighted by atomic mass is 10.2. The van der Waals surface area contributed by atoms with Crippen molar-refractivity contribution in [2.45, 2.75) is 45.2 Å². The second-order valence-corrected chi connectivity index (χ2v) is 7.29. The number of ether oxygens (including phenoxy) is 2. The number of anilines is 2. The maximum atomic E-state index is 12.1. The normalized spacial score (nSPS) is 13.7. The van der Waals surface area contributed by atoms with Gasteiger partial charge in [0.05, 0.1) is 25.3 Å². The highest BCUT2D eigenvalue weighted by Gasteiger charge is 2.28. The van der Waals surface area contributed by atoms with Gasteiger partial charge in [-0.05, 0) is 38.5 Å². The van der Waals surface area contributed by atoms with Gasteiger partial charge in [-0.1, -0.05) is 6.07 Å². The van der Waals surface area contributed by atoms with Crippen molar-refractivity contribution in [3.05, 3.63) is 23.8 Å². The van der Waals surface area contributed by atoms with E-state index >= 15 is 0 Å². The van der Waals surface area contributed by atoms with Gasteiger partial charge in [-0.2, -0.15) is 26.3 Å². The molecule has 0 aliphatic carbocycles. The maximum Gasteiger partial charge on any atom is 0.411 e. The van der Waals surface area contributed by atoms with Crippen LogP contribution in [0.4, 0.5) is 47.3 Å². The van der Waals surface area contributed by atoms with Crippen LogP contribution in [-0.2, 0) is 9.47 Å². The third-order valence-electron chi connectivity index (χ3n) is 3.77. The van der Waals surface area contributed by atoms with E-state index in [4.69, 9.17) is 0 Å². The number of amides is 4. The fourth-order valence-electron chi connectivity index (χ4n) is 2.39. The molecule has 14 heteroatoms. The first-order valence-corrected chi connectivity index (χ1v) is 9.69. The number of benzene rings is 1. The molecule has 0 bridgehead atoms. The molecular weight excluding hydrogens is 462 g/mol. The summed E-state index contributed by atoms with van der Waals surface area (Å²) >= 11 is 0. The molecule has 1 aromatic rings. The van der Waals surface area contributed by atoms with Gasteiger partial charge in [0.15, 0.2) is 0 Å². The van der Waals surface area contributed by atoms with Gasteiger partial charge in [0.1, 0.15) is 13.2 Å². The summed E-state index contributed by atoms with van der Waals surface area (Å²) in [6.07, 6.45) is -8.93. The van der Waals surface area contributed by atoms with Crippen molar-refractivity contribution in [2.24, 2.45) is 0 Å². The first kappa shape index (κ1) is 28.3. The summed E-state index contributed by atoms with van der Waals surface area (Å²) in [5.74, 6) is 0. The van der Waals surface area contributed by atoms with E-state index in [0.717, 1.165) is 0 Å². The van der Waals surface area contributed by atoms with Crippen LogP contribution in [0, 0.1) is 6.92 Å². The summed E-state index contributed by atoms with van der Waals surface area (Å²) in [5.41, 5.74) is 1.22. The first-order chi connectivity index (χ1) is 15.1. The van der Waals surface area contributed by atoms with Crippen LogP contribution in [0.2, 0.25) is 0 Å². The lowest BCUT2D eigenvalue weighted by Gasteiger charge is -2.18. The molecule has 188 valence electrons. The predicted octanol–water partition coefficient (Wildman–Crippen LogP) is 4.17. The lowest BCUT2D eigenvalue weighted by Crippen LogP contribution is -2.40. The van der Waals surface area contributed by atoms with Gasteiger partial charge < -0.3 is 30.7 Å². The Hall–Kier alpha value is -2.74. The van der Waals surface area contributed by atoms with Gasteiger partial charge in [-0.3, -0.25) is 0 Å². The quantitative estimate of drug-likeness (QED) is 0.372. The van der Waals surface area contributed by atoms with E-state index in [1.54, 1.807) is 13.0 Å². The van der Waals surface area contributed by atoms with Gasteiger partial charge in [-0.25, -0.2) is 9.59 Å². The number of carbonyl (C=O) groups excluding carboxylic acids is 2. The molecular formula is C19H26F6N4O4. The van der Waals surface area contributed by atoms with Crippen LogP contribution in [0.5, 0.6) is 0 Å². The average molecular weight is 488 g/mol. The SMILES string of the molecule is Cc1ccc(NC(=O)N[C@@H](C)COCC(F)(F)F)cc1NC(=O)N[C@@H](C)COCC(F)(F)F. The Kier molecular flexibility index (Phi) is 10.7. The van der Waals surface area contributed by atoms with E-state index < -0.39 is 49.7 Å². The molecule has 0 unspecified atom stereocenters. The van der Waals surface area contributed by atoms with Crippen LogP contribution in [0.1, 0.15) is 19.4 Å². The van der Waals surface area contributed by atoms with Crippen LogP contribution in [0.25, 0.3) is 0 Å². The number of rotatable bonds is 10. The number of urea groups is 2. The Labute approximate surface area is 186 Å². The van der Waals surface area contributed by atoms with E-state index in [1.807, 2.05) is 0 Å². The zero-order valence-corrected chi connectivity index (χ0v) is 18.1. The smallest absolute Gasteiger partial charge is 0.370 e. The summed E-state index contributed by atoms with van der Waals surface area (Å²) < 4.78 is 81.5. The molecule has 2 atom stereocenters. The largest absolute Gasteiger partial charge is 0.411 e. The zero-order valence-electron chi connectivity index (χ0n) is 18.1. The molecule has 0 saturated heterocycles. The minimum absolute atomic E-state index is 0.276. The minimum Gasteiger partial charge on any atom is -0.370 e. The van der Waals surface area contributed by atoms with E-state index in [-0.39, 0.29) is 18.9 Å². The number of hydrogen-bond acceptors (Lipinski definition) is 4. The highest BCUT2D eigenvalue weighted by Crippen LogP contribution is 2.20. The summed E-state index contributed by atoms with van der Waals surface area (Å²) in [7, 11) is 0. The zero-order chi connectivity index (χ0) is 25.2. The van der Waals surface area contributed by atoms with Crippen molar-refractivity contribution in [3.8, 4) is 0 Å². The summed E-state index contributed by atoms with van der Waals surface area (Å²) in [6.45, 7) is 1.05. The van der Waals surface area contributed by atoms with Gasteiger partial charge in [-0.15, -0.1) is 0 Å². The number of hydrogen-bond donors (Lipinski definition) is 4. The van der Waals surface area contributed by atoms with Crippen molar-refractivity contribution >= 4 is 23.4 Å². The second kappa shape index (κ2) is 12.5. The van der Waals surface area contributed by atoms with E-state index in [0.29, 0.717) is 11.3 Å². The van der Waals surface area contributed by atoms with Crippen LogP contribution in [0.3, 0.4) is 0 Å². The van der Waals surface area contributed by atoms with Gasteiger partial charge in [0, 0.05) is 11.4 Å². The number of halogens is 6. The number of aryl methyl sites for hydroxylation is 1. The molecule has 4 N–H and O–H groups in total. The summed E-state index contributed by atoms with van der Waals surface area (Å²) in [5, 5.41) is 9.83. The molecule has 0 spiro atoms. The van der Waals surface area contributed by atoms with Crippen LogP contribution >= 0.6 is 0 Å². The van der Waals surface area contributed by atoms with Crippen molar-refractivity contribution < 1.29 is 45.4 Å². The van der Waals surface area contributed by atoms with Crippen molar-refractivity contribution in [3.63, 3.8) is 0 Å². The standard InChI is InChI=1S/C19H26F6N4O4/c1-11-4-5-14(28-16(30)26-12(2)7-32-9-18(20,21)22)6-15(11)29-17(31)27-13(3)8-33-10-19(23,24)25/h4-6,12-13H,7-10H2,1-3H3,(H2,26,28,30)(H2,27,29,31)/t12-,13-/m0/s1. The minimum atomic E-state index is -4.47. The van der Waals surface area contributed by atoms with Gasteiger partial charge >= 0.3 is 24.4 Å². The van der Waals surface area contributed by atoms with Crippen molar-refractivity contribution in [1.29, 1.82) is 0 Å². The molecule has 0 fully saturated rings. The Morgan fingerprint density at radius 3 is 1.76 bits per heavy atom. The Morgan fingerprint density at radius 1 is 0.848 bits per heavy atom. The van der Waals surface area contributed by atoms with Crippen LogP contribution in [0.15, 0.2) is 18.2 Å². The topological polar surface area (TPSA) is 101 Å². The molecule has 0 aliphatic rings. The lowest BCUT2D eigenvalue weighted by molar-refractivity contribution is -0.175. The van der Waals surface area contributed by atoms with Crippen molar-refractivity contribution in [1.82, 2.24) is 10.6 Å². The molecule has 4 amide bonds. The van der Waals surface area contributed by atoms with E-state index in [2.05, 4.69) is 30.7 Å². The molecule has 33 heavy (non-hydrogen) atoms. The monoisotopic (exact) mass is 488 g/mol. The highest BCUT2D eigenvalue weighted by atomic mass is 19.4. The number of nitrogens with one attached hydrogen (secondary N) is 4. The fraction of sp³-hybridized carbons (Fsp3) is 0.579. The molecule has 1 aromatic carbocycles. The number of alkyl halides is 6. The Bertz CT molecular complexity index is 789. The van der Waals surface area contributed by atoms with Gasteiger partial charge in [0.2, 0.25) is 0 Å². The third-order valence-corrected chi connectivity index (χ3v) is 3.77. The molecule has 1 rings (SSSR count). The Morgan fingerprint density at radius 2 is 1.30 bits per heavy atom. The van der Waals surface area contributed by atoms with E-state index in [9.17, 15) is 35.9 Å². The predicted molar refractivity (Wildman–Crippen MR) is 108 cm³/mol. The van der Waals surface area contributed by atoms with Crippen LogP contribution < -0.4 is 21.3 Å². The molecule has 0 heterocycles. The first-order valence-electron chi connectivity index (χ1n) is 9.69. The van der Waals surface area contributed by atoms with E-state index in [1.165, 1.54) is 26.0 Å². The summed E-state index contributed by atoms with van der Waals surface area (Å²) in [6, 6.07) is 1.76. The molecule has 0 aliphatic heterocycles. The molecule has 0 saturated carbocycles. The number of carbonyl (C=O) groups is 2. The van der Waals surface area contributed by atoms with Crippen LogP contribution in [-0.4, -0.2) is 62.9 Å². The third kappa shape index (κ3) is 13.4. The highest BCUT2D eigenvalue weighted by molar-refractivity contribution is 5.93. The average Bonchev–Trinajstić information content (AvgIpc) is 2.62. The fourth-order valence-corrected chi connectivity index (χ4v) is 2.39. The molecule has 0 aromatic heterocycles. The maximum absolute atomic E-state index is 12.1. The molecule has 0 radical (unpaired) electrons. The second-order valence-electron chi connectivity index (χ2n) is 7.29. The Balaban J connectivity index is 2.53. The van der Waals surface area contributed by atoms with Gasteiger partial charge in [0.25, 0.3) is 0 Å². The molecule has 8 nitrogen and oxygen atoms in total. The summed E-state index contributed by atoms with van der Waals surface area (Å²) in [4.78, 5) is 24.1. The van der Waals surface area contributed by atoms with Crippen molar-refractivity contribution in [2.75, 3.05) is 37.1 Å².